The van der Waals surface area contributed by atoms with Gasteiger partial charge in [-0.2, -0.15) is 0 Å². The summed E-state index contributed by atoms with van der Waals surface area (Å²) in [6.07, 6.45) is 1.20. The van der Waals surface area contributed by atoms with Crippen LogP contribution >= 0.6 is 0 Å². The van der Waals surface area contributed by atoms with Crippen LogP contribution in [0.15, 0.2) is 97.1 Å². The molecule has 2 atom stereocenters. The number of carbonyl (C=O) groups excluding carboxylic acids is 2. The van der Waals surface area contributed by atoms with Crippen molar-refractivity contribution in [3.05, 3.63) is 119 Å². The molecule has 4 aromatic rings. The van der Waals surface area contributed by atoms with Gasteiger partial charge < -0.3 is 14.8 Å². The minimum absolute atomic E-state index is 0.0695. The summed E-state index contributed by atoms with van der Waals surface area (Å²) in [4.78, 5) is 24.4. The van der Waals surface area contributed by atoms with E-state index in [0.29, 0.717) is 12.2 Å². The van der Waals surface area contributed by atoms with Crippen LogP contribution in [0, 0.1) is 0 Å². The number of Topliss-reactive ketones (excluding diaryl/α,β-unsaturated/α-hetero) is 1. The molecule has 4 aromatic carbocycles. The normalized spacial score (nSPS) is 17.4. The van der Waals surface area contributed by atoms with Crippen molar-refractivity contribution in [2.45, 2.75) is 31.5 Å². The van der Waals surface area contributed by atoms with Crippen LogP contribution in [0.4, 0.5) is 0 Å². The van der Waals surface area contributed by atoms with Gasteiger partial charge in [0.1, 0.15) is 0 Å². The highest BCUT2D eigenvalue weighted by atomic mass is 16.5. The Hall–Kier alpha value is -3.80. The van der Waals surface area contributed by atoms with E-state index in [1.807, 2.05) is 18.2 Å². The molecule has 0 radical (unpaired) electrons. The molecule has 0 aromatic heterocycles. The first-order valence-corrected chi connectivity index (χ1v) is 12.8. The number of fused-ring (bicyclic) bond motifs is 1. The molecule has 0 bridgehead atoms. The molecule has 1 aliphatic heterocycles. The minimum Gasteiger partial charge on any atom is -0.457 e. The predicted molar refractivity (Wildman–Crippen MR) is 145 cm³/mol. The Bertz CT molecular complexity index is 1350. The maximum Gasteiger partial charge on any atom is 0.310 e. The van der Waals surface area contributed by atoms with E-state index >= 15 is 0 Å². The molecule has 1 fully saturated rings. The van der Waals surface area contributed by atoms with Gasteiger partial charge in [0, 0.05) is 18.0 Å². The molecule has 5 heteroatoms. The van der Waals surface area contributed by atoms with Gasteiger partial charge in [-0.1, -0.05) is 91.0 Å². The predicted octanol–water partition coefficient (Wildman–Crippen LogP) is 5.47. The number of piperidine rings is 1. The van der Waals surface area contributed by atoms with Crippen LogP contribution in [0.2, 0.25) is 0 Å². The summed E-state index contributed by atoms with van der Waals surface area (Å²) < 4.78 is 11.6. The monoisotopic (exact) mass is 493 g/mol. The Labute approximate surface area is 217 Å². The second kappa shape index (κ2) is 12.0. The molecule has 1 saturated heterocycles. The van der Waals surface area contributed by atoms with Crippen molar-refractivity contribution in [2.75, 3.05) is 19.7 Å². The van der Waals surface area contributed by atoms with Gasteiger partial charge in [0.05, 0.1) is 19.1 Å². The van der Waals surface area contributed by atoms with Crippen molar-refractivity contribution in [1.82, 2.24) is 5.32 Å². The van der Waals surface area contributed by atoms with Crippen LogP contribution in [-0.2, 0) is 27.3 Å². The number of carbonyl (C=O) groups is 2. The van der Waals surface area contributed by atoms with Crippen LogP contribution in [-0.4, -0.2) is 37.6 Å². The van der Waals surface area contributed by atoms with E-state index in [9.17, 15) is 9.59 Å². The molecule has 0 saturated carbocycles. The molecule has 1 N–H and O–H groups in total. The zero-order valence-corrected chi connectivity index (χ0v) is 20.8. The summed E-state index contributed by atoms with van der Waals surface area (Å²) in [6.45, 7) is 2.08. The Morgan fingerprint density at radius 1 is 0.811 bits per heavy atom. The molecule has 0 aliphatic carbocycles. The Morgan fingerprint density at radius 2 is 1.54 bits per heavy atom. The summed E-state index contributed by atoms with van der Waals surface area (Å²) >= 11 is 0. The first kappa shape index (κ1) is 24.9. The lowest BCUT2D eigenvalue weighted by Crippen LogP contribution is -2.40. The third-order valence-electron chi connectivity index (χ3n) is 6.92. The second-order valence-electron chi connectivity index (χ2n) is 9.50. The number of hydrogen-bond acceptors (Lipinski definition) is 5. The number of ether oxygens (including phenoxy) is 2. The van der Waals surface area contributed by atoms with Gasteiger partial charge in [-0.15, -0.1) is 0 Å². The number of benzene rings is 4. The minimum atomic E-state index is -0.407. The fourth-order valence-corrected chi connectivity index (χ4v) is 4.87. The number of nitrogens with one attached hydrogen (secondary N) is 1. The standard InChI is InChI=1S/C32H31NO4/c34-30(27-7-2-1-3-8-27)22-37-32(35)19-23-10-14-26(15-11-23)29-16-17-33-20-31(29)36-21-24-12-13-25-6-4-5-9-28(25)18-24/h1-15,18,29,31,33H,16-17,19-22H2. The fourth-order valence-electron chi connectivity index (χ4n) is 4.87. The Morgan fingerprint density at radius 3 is 2.35 bits per heavy atom. The van der Waals surface area contributed by atoms with Crippen molar-refractivity contribution in [3.63, 3.8) is 0 Å². The summed E-state index contributed by atoms with van der Waals surface area (Å²) in [5, 5.41) is 5.91. The van der Waals surface area contributed by atoms with Crippen molar-refractivity contribution < 1.29 is 19.1 Å². The van der Waals surface area contributed by atoms with Crippen molar-refractivity contribution in [3.8, 4) is 0 Å². The highest BCUT2D eigenvalue weighted by Crippen LogP contribution is 2.29. The van der Waals surface area contributed by atoms with Crippen LogP contribution < -0.4 is 5.32 Å². The van der Waals surface area contributed by atoms with Gasteiger partial charge in [0.15, 0.2) is 12.4 Å². The van der Waals surface area contributed by atoms with E-state index in [-0.39, 0.29) is 30.8 Å². The van der Waals surface area contributed by atoms with E-state index in [2.05, 4.69) is 59.9 Å². The number of ketones is 1. The third-order valence-corrected chi connectivity index (χ3v) is 6.92. The van der Waals surface area contributed by atoms with E-state index in [1.54, 1.807) is 24.3 Å². The first-order chi connectivity index (χ1) is 18.2. The smallest absolute Gasteiger partial charge is 0.310 e. The van der Waals surface area contributed by atoms with E-state index in [0.717, 1.165) is 25.1 Å². The summed E-state index contributed by atoms with van der Waals surface area (Å²) in [6, 6.07) is 31.8. The zero-order valence-electron chi connectivity index (χ0n) is 20.8. The molecule has 188 valence electrons. The first-order valence-electron chi connectivity index (χ1n) is 12.8. The molecule has 1 aliphatic rings. The summed E-state index contributed by atoms with van der Waals surface area (Å²) in [7, 11) is 0. The van der Waals surface area contributed by atoms with Crippen molar-refractivity contribution in [1.29, 1.82) is 0 Å². The number of hydrogen-bond donors (Lipinski definition) is 1. The molecular weight excluding hydrogens is 462 g/mol. The molecule has 2 unspecified atom stereocenters. The number of rotatable bonds is 9. The molecule has 0 amide bonds. The lowest BCUT2D eigenvalue weighted by molar-refractivity contribution is -0.141. The van der Waals surface area contributed by atoms with E-state index < -0.39 is 5.97 Å². The largest absolute Gasteiger partial charge is 0.457 e. The van der Waals surface area contributed by atoms with Gasteiger partial charge in [-0.3, -0.25) is 9.59 Å². The zero-order chi connectivity index (χ0) is 25.5. The third kappa shape index (κ3) is 6.50. The van der Waals surface area contributed by atoms with Crippen molar-refractivity contribution >= 4 is 22.5 Å². The van der Waals surface area contributed by atoms with Gasteiger partial charge >= 0.3 is 5.97 Å². The highest BCUT2D eigenvalue weighted by molar-refractivity contribution is 5.97. The van der Waals surface area contributed by atoms with Crippen molar-refractivity contribution in [2.24, 2.45) is 0 Å². The average molecular weight is 494 g/mol. The topological polar surface area (TPSA) is 64.6 Å². The number of esters is 1. The second-order valence-corrected chi connectivity index (χ2v) is 9.50. The molecule has 0 spiro atoms. The maximum absolute atomic E-state index is 12.3. The van der Waals surface area contributed by atoms with Gasteiger partial charge in [-0.05, 0) is 46.5 Å². The summed E-state index contributed by atoms with van der Waals surface area (Å²) in [5.74, 6) is -0.327. The van der Waals surface area contributed by atoms with E-state index in [4.69, 9.17) is 9.47 Å². The Balaban J connectivity index is 1.16. The molecule has 5 nitrogen and oxygen atoms in total. The Kier molecular flexibility index (Phi) is 8.04. The van der Waals surface area contributed by atoms with Crippen LogP contribution in [0.5, 0.6) is 0 Å². The highest BCUT2D eigenvalue weighted by Gasteiger charge is 2.27. The van der Waals surface area contributed by atoms with E-state index in [1.165, 1.54) is 21.9 Å². The fraction of sp³-hybridized carbons (Fsp3) is 0.250. The van der Waals surface area contributed by atoms with Crippen LogP contribution in [0.25, 0.3) is 10.8 Å². The quantitative estimate of drug-likeness (QED) is 0.247. The van der Waals surface area contributed by atoms with Gasteiger partial charge in [-0.25, -0.2) is 0 Å². The molecule has 1 heterocycles. The molecule has 37 heavy (non-hydrogen) atoms. The SMILES string of the molecule is O=C(Cc1ccc(C2CCNCC2OCc2ccc3ccccc3c2)cc1)OCC(=O)c1ccccc1. The summed E-state index contributed by atoms with van der Waals surface area (Å²) in [5.41, 5.74) is 3.78. The maximum atomic E-state index is 12.3. The van der Waals surface area contributed by atoms with Crippen LogP contribution in [0.3, 0.4) is 0 Å². The van der Waals surface area contributed by atoms with Gasteiger partial charge in [0.2, 0.25) is 0 Å². The molecule has 5 rings (SSSR count). The van der Waals surface area contributed by atoms with Crippen LogP contribution in [0.1, 0.15) is 39.4 Å². The lowest BCUT2D eigenvalue weighted by Gasteiger charge is -2.32. The molecular formula is C32H31NO4. The average Bonchev–Trinajstić information content (AvgIpc) is 2.96. The lowest BCUT2D eigenvalue weighted by atomic mass is 9.87. The van der Waals surface area contributed by atoms with Gasteiger partial charge in [0.25, 0.3) is 0 Å².